The molecule has 3 heteroatoms. The van der Waals surface area contributed by atoms with E-state index in [1.165, 1.54) is 134 Å². The maximum absolute atomic E-state index is 6.29. The molecule has 182 valence electrons. The SMILES string of the molecule is CCCCCCCCCCCCCCCCC[Si](CCCCCC)(OCC)OCC. The van der Waals surface area contributed by atoms with Gasteiger partial charge in [-0.1, -0.05) is 136 Å². The Balaban J connectivity index is 3.68. The summed E-state index contributed by atoms with van der Waals surface area (Å²) in [6.45, 7) is 10.5. The van der Waals surface area contributed by atoms with Crippen molar-refractivity contribution in [1.29, 1.82) is 0 Å². The Morgan fingerprint density at radius 1 is 0.367 bits per heavy atom. The zero-order valence-corrected chi connectivity index (χ0v) is 22.6. The first-order valence-corrected chi connectivity index (χ1v) is 16.3. The second-order valence-electron chi connectivity index (χ2n) is 9.29. The second kappa shape index (κ2) is 23.8. The topological polar surface area (TPSA) is 18.5 Å². The minimum absolute atomic E-state index is 0.818. The largest absolute Gasteiger partial charge is 0.394 e. The molecule has 0 aromatic rings. The quantitative estimate of drug-likeness (QED) is 0.103. The molecule has 30 heavy (non-hydrogen) atoms. The van der Waals surface area contributed by atoms with Crippen molar-refractivity contribution in [3.05, 3.63) is 0 Å². The van der Waals surface area contributed by atoms with Crippen LogP contribution in [0, 0.1) is 0 Å². The summed E-state index contributed by atoms with van der Waals surface area (Å²) in [7, 11) is -1.95. The molecule has 0 unspecified atom stereocenters. The average molecular weight is 443 g/mol. The Hall–Kier alpha value is 0.137. The van der Waals surface area contributed by atoms with Crippen LogP contribution in [0.1, 0.15) is 150 Å². The van der Waals surface area contributed by atoms with E-state index in [1.54, 1.807) is 0 Å². The lowest BCUT2D eigenvalue weighted by atomic mass is 10.0. The van der Waals surface area contributed by atoms with Crippen molar-refractivity contribution in [2.24, 2.45) is 0 Å². The van der Waals surface area contributed by atoms with Crippen LogP contribution in [0.15, 0.2) is 0 Å². The van der Waals surface area contributed by atoms with E-state index in [1.807, 2.05) is 0 Å². The lowest BCUT2D eigenvalue weighted by Gasteiger charge is -2.30. The van der Waals surface area contributed by atoms with Crippen molar-refractivity contribution in [3.63, 3.8) is 0 Å². The van der Waals surface area contributed by atoms with Crippen LogP contribution in [0.2, 0.25) is 12.1 Å². The number of hydrogen-bond acceptors (Lipinski definition) is 2. The van der Waals surface area contributed by atoms with Gasteiger partial charge in [0.1, 0.15) is 0 Å². The van der Waals surface area contributed by atoms with E-state index in [9.17, 15) is 0 Å². The summed E-state index contributed by atoms with van der Waals surface area (Å²) in [5.74, 6) is 0. The Kier molecular flexibility index (Phi) is 23.9. The Morgan fingerprint density at radius 2 is 0.633 bits per heavy atom. The third-order valence-corrected chi connectivity index (χ3v) is 10.2. The maximum Gasteiger partial charge on any atom is 0.338 e. The van der Waals surface area contributed by atoms with Crippen molar-refractivity contribution in [1.82, 2.24) is 0 Å². The van der Waals surface area contributed by atoms with Gasteiger partial charge in [-0.3, -0.25) is 0 Å². The highest BCUT2D eigenvalue weighted by Crippen LogP contribution is 2.26. The monoisotopic (exact) mass is 442 g/mol. The molecular weight excluding hydrogens is 384 g/mol. The van der Waals surface area contributed by atoms with E-state index in [0.717, 1.165) is 13.2 Å². The molecule has 0 aliphatic rings. The maximum atomic E-state index is 6.29. The molecule has 2 nitrogen and oxygen atoms in total. The summed E-state index contributed by atoms with van der Waals surface area (Å²) >= 11 is 0. The molecule has 0 aliphatic heterocycles. The van der Waals surface area contributed by atoms with E-state index >= 15 is 0 Å². The summed E-state index contributed by atoms with van der Waals surface area (Å²) in [5, 5.41) is 0. The van der Waals surface area contributed by atoms with Crippen molar-refractivity contribution in [3.8, 4) is 0 Å². The van der Waals surface area contributed by atoms with Crippen LogP contribution in [0.5, 0.6) is 0 Å². The van der Waals surface area contributed by atoms with Gasteiger partial charge in [0.15, 0.2) is 0 Å². The van der Waals surface area contributed by atoms with E-state index in [0.29, 0.717) is 0 Å². The lowest BCUT2D eigenvalue weighted by molar-refractivity contribution is 0.180. The zero-order valence-electron chi connectivity index (χ0n) is 21.6. The predicted molar refractivity (Wildman–Crippen MR) is 138 cm³/mol. The van der Waals surface area contributed by atoms with E-state index in [2.05, 4.69) is 27.7 Å². The smallest absolute Gasteiger partial charge is 0.338 e. The minimum atomic E-state index is -1.95. The second-order valence-corrected chi connectivity index (χ2v) is 12.7. The highest BCUT2D eigenvalue weighted by atomic mass is 28.4. The molecule has 0 radical (unpaired) electrons. The van der Waals surface area contributed by atoms with Crippen LogP contribution in [0.4, 0.5) is 0 Å². The molecular formula is C27H58O2Si. The summed E-state index contributed by atoms with van der Waals surface area (Å²) < 4.78 is 12.6. The highest BCUT2D eigenvalue weighted by Gasteiger charge is 2.35. The fourth-order valence-corrected chi connectivity index (χ4v) is 8.11. The Bertz CT molecular complexity index is 316. The van der Waals surface area contributed by atoms with Gasteiger partial charge in [-0.15, -0.1) is 0 Å². The van der Waals surface area contributed by atoms with Crippen LogP contribution in [-0.2, 0) is 8.85 Å². The molecule has 0 aromatic carbocycles. The van der Waals surface area contributed by atoms with Crippen molar-refractivity contribution in [2.75, 3.05) is 13.2 Å². The van der Waals surface area contributed by atoms with Crippen LogP contribution in [0.25, 0.3) is 0 Å². The molecule has 0 saturated carbocycles. The standard InChI is InChI=1S/C27H58O2Si/c1-5-9-11-13-14-15-16-17-18-19-20-21-22-23-25-27-30(28-7-3,29-8-4)26-24-12-10-6-2/h5-27H2,1-4H3. The molecule has 0 N–H and O–H groups in total. The zero-order chi connectivity index (χ0) is 22.2. The fourth-order valence-electron chi connectivity index (χ4n) is 4.57. The summed E-state index contributed by atoms with van der Waals surface area (Å²) in [4.78, 5) is 0. The minimum Gasteiger partial charge on any atom is -0.394 e. The normalized spacial score (nSPS) is 12.0. The van der Waals surface area contributed by atoms with Gasteiger partial charge in [0.25, 0.3) is 0 Å². The van der Waals surface area contributed by atoms with E-state index in [-0.39, 0.29) is 0 Å². The summed E-state index contributed by atoms with van der Waals surface area (Å²) in [6.07, 6.45) is 26.7. The first-order chi connectivity index (χ1) is 14.7. The molecule has 0 aromatic heterocycles. The Morgan fingerprint density at radius 3 is 0.933 bits per heavy atom. The van der Waals surface area contributed by atoms with Crippen molar-refractivity contribution < 1.29 is 8.85 Å². The molecule has 0 rings (SSSR count). The average Bonchev–Trinajstić information content (AvgIpc) is 2.74. The van der Waals surface area contributed by atoms with Gasteiger partial charge >= 0.3 is 8.56 Å². The number of rotatable bonds is 25. The van der Waals surface area contributed by atoms with E-state index in [4.69, 9.17) is 8.85 Å². The molecule has 0 saturated heterocycles. The Labute approximate surface area is 192 Å². The van der Waals surface area contributed by atoms with Gasteiger partial charge in [0.2, 0.25) is 0 Å². The van der Waals surface area contributed by atoms with Crippen LogP contribution in [-0.4, -0.2) is 21.8 Å². The van der Waals surface area contributed by atoms with Crippen LogP contribution >= 0.6 is 0 Å². The number of unbranched alkanes of at least 4 members (excludes halogenated alkanes) is 17. The molecule has 0 bridgehead atoms. The van der Waals surface area contributed by atoms with Gasteiger partial charge in [-0.05, 0) is 25.9 Å². The molecule has 0 aliphatic carbocycles. The predicted octanol–water partition coefficient (Wildman–Crippen LogP) is 9.95. The molecule has 0 heterocycles. The van der Waals surface area contributed by atoms with E-state index < -0.39 is 8.56 Å². The first-order valence-electron chi connectivity index (χ1n) is 14.0. The third-order valence-electron chi connectivity index (χ3n) is 6.39. The van der Waals surface area contributed by atoms with Gasteiger partial charge in [0.05, 0.1) is 0 Å². The highest BCUT2D eigenvalue weighted by molar-refractivity contribution is 6.67. The van der Waals surface area contributed by atoms with Crippen LogP contribution in [0.3, 0.4) is 0 Å². The number of hydrogen-bond donors (Lipinski definition) is 0. The van der Waals surface area contributed by atoms with Gasteiger partial charge in [-0.25, -0.2) is 0 Å². The van der Waals surface area contributed by atoms with Crippen molar-refractivity contribution in [2.45, 2.75) is 162 Å². The van der Waals surface area contributed by atoms with Crippen molar-refractivity contribution >= 4 is 8.56 Å². The molecule has 0 spiro atoms. The lowest BCUT2D eigenvalue weighted by Crippen LogP contribution is -2.42. The van der Waals surface area contributed by atoms with Gasteiger partial charge < -0.3 is 8.85 Å². The molecule has 0 amide bonds. The summed E-state index contributed by atoms with van der Waals surface area (Å²) in [6, 6.07) is 2.41. The van der Waals surface area contributed by atoms with Gasteiger partial charge in [0, 0.05) is 13.2 Å². The first kappa shape index (κ1) is 30.1. The molecule has 0 fully saturated rings. The van der Waals surface area contributed by atoms with Crippen LogP contribution < -0.4 is 0 Å². The third kappa shape index (κ3) is 18.9. The van der Waals surface area contributed by atoms with Gasteiger partial charge in [-0.2, -0.15) is 0 Å². The molecule has 0 atom stereocenters. The summed E-state index contributed by atoms with van der Waals surface area (Å²) in [5.41, 5.74) is 0. The fraction of sp³-hybridized carbons (Fsp3) is 1.00.